The van der Waals surface area contributed by atoms with E-state index < -0.39 is 7.18 Å². The summed E-state index contributed by atoms with van der Waals surface area (Å²) in [5, 5.41) is 0. The first kappa shape index (κ1) is 11.7. The Labute approximate surface area is 78.4 Å². The zero-order chi connectivity index (χ0) is 8.74. The summed E-state index contributed by atoms with van der Waals surface area (Å²) in [7, 11) is -2.80. The molecule has 0 atom stereocenters. The molecule has 0 radical (unpaired) electrons. The second-order valence-corrected chi connectivity index (χ2v) is 7.23. The molecule has 0 saturated heterocycles. The lowest BCUT2D eigenvalue weighted by atomic mass is 10.5. The summed E-state index contributed by atoms with van der Waals surface area (Å²) >= 11 is 11.5. The van der Waals surface area contributed by atoms with Gasteiger partial charge in [-0.05, 0) is 12.8 Å². The van der Waals surface area contributed by atoms with Crippen LogP contribution in [0.2, 0.25) is 0 Å². The van der Waals surface area contributed by atoms with Crippen molar-refractivity contribution in [2.45, 2.75) is 26.7 Å². The summed E-state index contributed by atoms with van der Waals surface area (Å²) in [6.07, 6.45) is 1.81. The van der Waals surface area contributed by atoms with Crippen LogP contribution in [0.5, 0.6) is 0 Å². The van der Waals surface area contributed by atoms with Crippen LogP contribution in [-0.2, 0) is 8.85 Å². The third-order valence-corrected chi connectivity index (χ3v) is 3.34. The average molecular weight is 217 g/mol. The Morgan fingerprint density at radius 2 is 1.36 bits per heavy atom. The van der Waals surface area contributed by atoms with Gasteiger partial charge in [-0.2, -0.15) is 0 Å². The highest BCUT2D eigenvalue weighted by Gasteiger charge is 2.33. The summed E-state index contributed by atoms with van der Waals surface area (Å²) in [4.78, 5) is 0. The summed E-state index contributed by atoms with van der Waals surface area (Å²) < 4.78 is 10.3. The standard InChI is InChI=1S/C6H14Cl2O2Si/c1-3-5-9-11(7,8)10-6-4-2/h3-6H2,1-2H3. The van der Waals surface area contributed by atoms with Crippen LogP contribution < -0.4 is 0 Å². The smallest absolute Gasteiger partial charge is 0.372 e. The van der Waals surface area contributed by atoms with E-state index in [0.717, 1.165) is 12.8 Å². The maximum atomic E-state index is 5.75. The Balaban J connectivity index is 3.43. The van der Waals surface area contributed by atoms with Crippen LogP contribution in [0, 0.1) is 0 Å². The fraction of sp³-hybridized carbons (Fsp3) is 1.00. The van der Waals surface area contributed by atoms with Crippen molar-refractivity contribution >= 4 is 29.3 Å². The fourth-order valence-corrected chi connectivity index (χ4v) is 2.38. The lowest BCUT2D eigenvalue weighted by Crippen LogP contribution is -2.30. The highest BCUT2D eigenvalue weighted by atomic mass is 35.7. The molecule has 0 rings (SSSR count). The molecule has 0 unspecified atom stereocenters. The predicted molar refractivity (Wildman–Crippen MR) is 49.9 cm³/mol. The van der Waals surface area contributed by atoms with Gasteiger partial charge in [-0.15, -0.1) is 0 Å². The molecule has 0 heterocycles. The van der Waals surface area contributed by atoms with Crippen molar-refractivity contribution in [3.63, 3.8) is 0 Å². The van der Waals surface area contributed by atoms with Crippen molar-refractivity contribution in [1.82, 2.24) is 0 Å². The van der Waals surface area contributed by atoms with E-state index in [1.54, 1.807) is 0 Å². The zero-order valence-electron chi connectivity index (χ0n) is 6.90. The van der Waals surface area contributed by atoms with Crippen LogP contribution in [0.1, 0.15) is 26.7 Å². The maximum Gasteiger partial charge on any atom is 0.551 e. The fourth-order valence-electron chi connectivity index (χ4n) is 0.483. The molecule has 11 heavy (non-hydrogen) atoms. The Kier molecular flexibility index (Phi) is 6.66. The molecule has 0 aliphatic rings. The van der Waals surface area contributed by atoms with Crippen molar-refractivity contribution in [3.8, 4) is 0 Å². The third kappa shape index (κ3) is 7.09. The van der Waals surface area contributed by atoms with E-state index in [2.05, 4.69) is 0 Å². The molecule has 0 aliphatic carbocycles. The summed E-state index contributed by atoms with van der Waals surface area (Å²) in [6, 6.07) is 0. The number of halogens is 2. The number of hydrogen-bond donors (Lipinski definition) is 0. The van der Waals surface area contributed by atoms with Gasteiger partial charge in [-0.1, -0.05) is 36.0 Å². The first-order valence-electron chi connectivity index (χ1n) is 3.78. The Hall–Kier alpha value is 0.717. The van der Waals surface area contributed by atoms with Crippen LogP contribution in [-0.4, -0.2) is 20.4 Å². The second-order valence-electron chi connectivity index (χ2n) is 2.16. The Morgan fingerprint density at radius 1 is 1.00 bits per heavy atom. The van der Waals surface area contributed by atoms with Crippen molar-refractivity contribution in [2.75, 3.05) is 13.2 Å². The maximum absolute atomic E-state index is 5.75. The molecular weight excluding hydrogens is 203 g/mol. The van der Waals surface area contributed by atoms with Crippen molar-refractivity contribution < 1.29 is 8.85 Å². The van der Waals surface area contributed by atoms with Gasteiger partial charge in [0.15, 0.2) is 0 Å². The first-order valence-corrected chi connectivity index (χ1v) is 7.62. The van der Waals surface area contributed by atoms with E-state index in [1.165, 1.54) is 0 Å². The summed E-state index contributed by atoms with van der Waals surface area (Å²) in [5.74, 6) is 0. The van der Waals surface area contributed by atoms with E-state index in [0.29, 0.717) is 13.2 Å². The largest absolute Gasteiger partial charge is 0.551 e. The number of rotatable bonds is 6. The molecule has 0 aromatic rings. The van der Waals surface area contributed by atoms with Gasteiger partial charge in [0, 0.05) is 13.2 Å². The Bertz CT molecular complexity index is 90.6. The van der Waals surface area contributed by atoms with Crippen LogP contribution in [0.4, 0.5) is 0 Å². The van der Waals surface area contributed by atoms with E-state index in [4.69, 9.17) is 31.0 Å². The van der Waals surface area contributed by atoms with Gasteiger partial charge >= 0.3 is 7.18 Å². The molecule has 2 nitrogen and oxygen atoms in total. The van der Waals surface area contributed by atoms with Gasteiger partial charge in [0.25, 0.3) is 0 Å². The number of hydrogen-bond acceptors (Lipinski definition) is 2. The molecule has 0 N–H and O–H groups in total. The van der Waals surface area contributed by atoms with Gasteiger partial charge in [-0.25, -0.2) is 0 Å². The van der Waals surface area contributed by atoms with Crippen molar-refractivity contribution in [1.29, 1.82) is 0 Å². The van der Waals surface area contributed by atoms with Crippen molar-refractivity contribution in [2.24, 2.45) is 0 Å². The molecule has 0 aromatic heterocycles. The lowest BCUT2D eigenvalue weighted by Gasteiger charge is -2.15. The van der Waals surface area contributed by atoms with E-state index >= 15 is 0 Å². The quantitative estimate of drug-likeness (QED) is 0.503. The van der Waals surface area contributed by atoms with Gasteiger partial charge in [-0.3, -0.25) is 0 Å². The molecule has 68 valence electrons. The van der Waals surface area contributed by atoms with E-state index in [1.807, 2.05) is 13.8 Å². The summed E-state index contributed by atoms with van der Waals surface area (Å²) in [6.45, 7) is 5.14. The molecule has 0 amide bonds. The minimum Gasteiger partial charge on any atom is -0.372 e. The molecular formula is C6H14Cl2O2Si. The van der Waals surface area contributed by atoms with Crippen LogP contribution in [0.3, 0.4) is 0 Å². The summed E-state index contributed by atoms with van der Waals surface area (Å²) in [5.41, 5.74) is 0. The normalized spacial score (nSPS) is 12.0. The molecule has 0 bridgehead atoms. The monoisotopic (exact) mass is 216 g/mol. The first-order chi connectivity index (χ1) is 5.12. The van der Waals surface area contributed by atoms with Gasteiger partial charge in [0.05, 0.1) is 0 Å². The highest BCUT2D eigenvalue weighted by Crippen LogP contribution is 2.18. The highest BCUT2D eigenvalue weighted by molar-refractivity contribution is 7.39. The zero-order valence-corrected chi connectivity index (χ0v) is 9.41. The lowest BCUT2D eigenvalue weighted by molar-refractivity contribution is 0.204. The minimum atomic E-state index is -2.80. The molecule has 0 saturated carbocycles. The van der Waals surface area contributed by atoms with Crippen LogP contribution >= 0.6 is 22.2 Å². The SMILES string of the molecule is CCCO[Si](Cl)(Cl)OCCC. The molecule has 0 aromatic carbocycles. The molecule has 5 heteroatoms. The molecule has 0 fully saturated rings. The van der Waals surface area contributed by atoms with Gasteiger partial charge in [0.2, 0.25) is 0 Å². The Morgan fingerprint density at radius 3 is 1.64 bits per heavy atom. The van der Waals surface area contributed by atoms with Crippen LogP contribution in [0.25, 0.3) is 0 Å². The van der Waals surface area contributed by atoms with Crippen LogP contribution in [0.15, 0.2) is 0 Å². The van der Waals surface area contributed by atoms with E-state index in [9.17, 15) is 0 Å². The molecule has 0 spiro atoms. The topological polar surface area (TPSA) is 18.5 Å². The molecule has 0 aliphatic heterocycles. The van der Waals surface area contributed by atoms with Gasteiger partial charge < -0.3 is 8.85 Å². The second kappa shape index (κ2) is 6.26. The van der Waals surface area contributed by atoms with Crippen molar-refractivity contribution in [3.05, 3.63) is 0 Å². The van der Waals surface area contributed by atoms with Gasteiger partial charge in [0.1, 0.15) is 0 Å². The third-order valence-electron chi connectivity index (χ3n) is 0.948. The van der Waals surface area contributed by atoms with E-state index in [-0.39, 0.29) is 0 Å². The predicted octanol–water partition coefficient (Wildman–Crippen LogP) is 2.75. The average Bonchev–Trinajstić information content (AvgIpc) is 1.97. The minimum absolute atomic E-state index is 0.572.